The normalized spacial score (nSPS) is 16.3. The highest BCUT2D eigenvalue weighted by molar-refractivity contribution is 6.31. The monoisotopic (exact) mass is 462 g/mol. The number of amides is 1. The highest BCUT2D eigenvalue weighted by atomic mass is 35.5. The number of halogens is 1. The van der Waals surface area contributed by atoms with Gasteiger partial charge < -0.3 is 9.32 Å². The predicted molar refractivity (Wildman–Crippen MR) is 125 cm³/mol. The van der Waals surface area contributed by atoms with Gasteiger partial charge in [0.15, 0.2) is 5.89 Å². The number of carbonyl (C=O) groups excluding carboxylic acids is 1. The molecule has 33 heavy (non-hydrogen) atoms. The molecule has 0 aliphatic carbocycles. The Kier molecular flexibility index (Phi) is 5.96. The average Bonchev–Trinajstić information content (AvgIpc) is 3.31. The zero-order valence-electron chi connectivity index (χ0n) is 18.0. The van der Waals surface area contributed by atoms with Crippen LogP contribution in [-0.2, 0) is 17.8 Å². The predicted octanol–water partition coefficient (Wildman–Crippen LogP) is 4.03. The summed E-state index contributed by atoms with van der Waals surface area (Å²) in [5.74, 6) is 1.26. The summed E-state index contributed by atoms with van der Waals surface area (Å²) in [6.07, 6.45) is 5.66. The van der Waals surface area contributed by atoms with Gasteiger partial charge in [0.25, 0.3) is 5.56 Å². The van der Waals surface area contributed by atoms with E-state index in [-0.39, 0.29) is 23.9 Å². The maximum Gasteiger partial charge on any atom is 0.275 e. The fourth-order valence-corrected chi connectivity index (χ4v) is 4.50. The van der Waals surface area contributed by atoms with Crippen molar-refractivity contribution in [2.75, 3.05) is 13.1 Å². The van der Waals surface area contributed by atoms with Crippen molar-refractivity contribution >= 4 is 28.3 Å². The Morgan fingerprint density at radius 1 is 1.12 bits per heavy atom. The molecule has 3 heterocycles. The number of hydrogen-bond acceptors (Lipinski definition) is 5. The molecule has 0 bridgehead atoms. The second kappa shape index (κ2) is 9.19. The SMILES string of the molecule is O=C(Cn1ncc2ccccc2c1=O)N1CCCC(c2ncc(Cc3ccccc3Cl)o2)C1. The van der Waals surface area contributed by atoms with Crippen LogP contribution in [-0.4, -0.2) is 38.7 Å². The molecule has 4 aromatic rings. The summed E-state index contributed by atoms with van der Waals surface area (Å²) in [6.45, 7) is 1.07. The molecule has 7 nitrogen and oxygen atoms in total. The summed E-state index contributed by atoms with van der Waals surface area (Å²) in [5, 5.41) is 6.20. The zero-order valence-corrected chi connectivity index (χ0v) is 18.7. The summed E-state index contributed by atoms with van der Waals surface area (Å²) in [4.78, 5) is 31.9. The van der Waals surface area contributed by atoms with E-state index in [1.165, 1.54) is 4.68 Å². The molecule has 1 aliphatic heterocycles. The molecule has 5 rings (SSSR count). The van der Waals surface area contributed by atoms with Crippen LogP contribution in [0.3, 0.4) is 0 Å². The Balaban J connectivity index is 1.27. The van der Waals surface area contributed by atoms with Crippen molar-refractivity contribution in [1.82, 2.24) is 19.7 Å². The smallest absolute Gasteiger partial charge is 0.275 e. The van der Waals surface area contributed by atoms with Gasteiger partial charge in [0.05, 0.1) is 23.7 Å². The molecular weight excluding hydrogens is 440 g/mol. The van der Waals surface area contributed by atoms with Gasteiger partial charge >= 0.3 is 0 Å². The number of piperidine rings is 1. The van der Waals surface area contributed by atoms with Crippen LogP contribution in [0.25, 0.3) is 10.8 Å². The fraction of sp³-hybridized carbons (Fsp3) is 0.280. The molecule has 2 aromatic carbocycles. The van der Waals surface area contributed by atoms with Gasteiger partial charge in [0.2, 0.25) is 5.91 Å². The first-order chi connectivity index (χ1) is 16.1. The van der Waals surface area contributed by atoms with Crippen molar-refractivity contribution in [3.05, 3.63) is 93.5 Å². The Hall–Kier alpha value is -3.45. The number of nitrogens with zero attached hydrogens (tertiary/aromatic N) is 4. The van der Waals surface area contributed by atoms with Gasteiger partial charge in [0, 0.05) is 29.9 Å². The maximum absolute atomic E-state index is 13.0. The van der Waals surface area contributed by atoms with Crippen LogP contribution >= 0.6 is 11.6 Å². The largest absolute Gasteiger partial charge is 0.445 e. The van der Waals surface area contributed by atoms with Crippen LogP contribution in [0.15, 0.2) is 70.1 Å². The molecular formula is C25H23ClN4O3. The van der Waals surface area contributed by atoms with Gasteiger partial charge in [-0.1, -0.05) is 48.0 Å². The molecule has 1 aliphatic rings. The molecule has 168 valence electrons. The Morgan fingerprint density at radius 3 is 2.82 bits per heavy atom. The van der Waals surface area contributed by atoms with Gasteiger partial charge in [-0.15, -0.1) is 0 Å². The second-order valence-electron chi connectivity index (χ2n) is 8.31. The van der Waals surface area contributed by atoms with E-state index in [1.54, 1.807) is 23.4 Å². The van der Waals surface area contributed by atoms with Crippen molar-refractivity contribution < 1.29 is 9.21 Å². The molecule has 8 heteroatoms. The minimum atomic E-state index is -0.257. The molecule has 1 amide bonds. The van der Waals surface area contributed by atoms with Crippen LogP contribution in [0.5, 0.6) is 0 Å². The van der Waals surface area contributed by atoms with E-state index in [2.05, 4.69) is 10.1 Å². The molecule has 0 radical (unpaired) electrons. The summed E-state index contributed by atoms with van der Waals surface area (Å²) in [6, 6.07) is 14.9. The maximum atomic E-state index is 13.0. The highest BCUT2D eigenvalue weighted by Gasteiger charge is 2.28. The quantitative estimate of drug-likeness (QED) is 0.447. The van der Waals surface area contributed by atoms with E-state index in [0.29, 0.717) is 35.8 Å². The number of likely N-dealkylation sites (tertiary alicyclic amines) is 1. The van der Waals surface area contributed by atoms with Crippen LogP contribution in [0.1, 0.15) is 36.0 Å². The molecule has 1 atom stereocenters. The van der Waals surface area contributed by atoms with Crippen LogP contribution in [0.4, 0.5) is 0 Å². The Morgan fingerprint density at radius 2 is 1.94 bits per heavy atom. The fourth-order valence-electron chi connectivity index (χ4n) is 4.30. The van der Waals surface area contributed by atoms with Crippen LogP contribution in [0, 0.1) is 0 Å². The second-order valence-corrected chi connectivity index (χ2v) is 8.71. The van der Waals surface area contributed by atoms with Crippen molar-refractivity contribution in [3.8, 4) is 0 Å². The minimum Gasteiger partial charge on any atom is -0.445 e. The van der Waals surface area contributed by atoms with Gasteiger partial charge in [-0.3, -0.25) is 9.59 Å². The first kappa shape index (κ1) is 21.4. The molecule has 0 N–H and O–H groups in total. The third-order valence-electron chi connectivity index (χ3n) is 6.06. The molecule has 0 saturated carbocycles. The van der Waals surface area contributed by atoms with E-state index >= 15 is 0 Å². The van der Waals surface area contributed by atoms with Crippen molar-refractivity contribution in [2.45, 2.75) is 31.7 Å². The van der Waals surface area contributed by atoms with Gasteiger partial charge in [-0.2, -0.15) is 5.10 Å². The van der Waals surface area contributed by atoms with Crippen molar-refractivity contribution in [2.24, 2.45) is 0 Å². The number of hydrogen-bond donors (Lipinski definition) is 0. The number of carbonyl (C=O) groups is 1. The lowest BCUT2D eigenvalue weighted by Gasteiger charge is -2.31. The highest BCUT2D eigenvalue weighted by Crippen LogP contribution is 2.28. The molecule has 1 fully saturated rings. The number of fused-ring (bicyclic) bond motifs is 1. The first-order valence-electron chi connectivity index (χ1n) is 11.0. The average molecular weight is 463 g/mol. The lowest BCUT2D eigenvalue weighted by atomic mass is 9.98. The molecule has 1 unspecified atom stereocenters. The Bertz CT molecular complexity index is 1360. The van der Waals surface area contributed by atoms with Crippen LogP contribution < -0.4 is 5.56 Å². The summed E-state index contributed by atoms with van der Waals surface area (Å²) < 4.78 is 7.26. The van der Waals surface area contributed by atoms with E-state index in [4.69, 9.17) is 16.0 Å². The molecule has 0 spiro atoms. The lowest BCUT2D eigenvalue weighted by molar-refractivity contribution is -0.133. The third kappa shape index (κ3) is 4.54. The molecule has 2 aromatic heterocycles. The summed E-state index contributed by atoms with van der Waals surface area (Å²) in [5.41, 5.74) is 0.725. The number of aromatic nitrogens is 3. The minimum absolute atomic E-state index is 0.0176. The number of oxazole rings is 1. The molecule has 1 saturated heterocycles. The third-order valence-corrected chi connectivity index (χ3v) is 6.43. The van der Waals surface area contributed by atoms with Gasteiger partial charge in [0.1, 0.15) is 12.3 Å². The summed E-state index contributed by atoms with van der Waals surface area (Å²) in [7, 11) is 0. The number of rotatable bonds is 5. The number of benzene rings is 2. The van der Waals surface area contributed by atoms with Gasteiger partial charge in [-0.25, -0.2) is 9.67 Å². The van der Waals surface area contributed by atoms with Crippen molar-refractivity contribution in [1.29, 1.82) is 0 Å². The zero-order chi connectivity index (χ0) is 22.8. The van der Waals surface area contributed by atoms with Crippen molar-refractivity contribution in [3.63, 3.8) is 0 Å². The van der Waals surface area contributed by atoms with E-state index in [9.17, 15) is 9.59 Å². The van der Waals surface area contributed by atoms with E-state index < -0.39 is 0 Å². The lowest BCUT2D eigenvalue weighted by Crippen LogP contribution is -2.42. The van der Waals surface area contributed by atoms with Gasteiger partial charge in [-0.05, 0) is 30.5 Å². The first-order valence-corrected chi connectivity index (χ1v) is 11.4. The topological polar surface area (TPSA) is 81.2 Å². The summed E-state index contributed by atoms with van der Waals surface area (Å²) >= 11 is 6.26. The van der Waals surface area contributed by atoms with Crippen LogP contribution in [0.2, 0.25) is 5.02 Å². The Labute approximate surface area is 195 Å². The van der Waals surface area contributed by atoms with E-state index in [0.717, 1.165) is 29.6 Å². The van der Waals surface area contributed by atoms with E-state index in [1.807, 2.05) is 42.5 Å². The standard InChI is InChI=1S/C25H23ClN4O3/c26-22-10-4-2-6-17(22)12-20-14-27-24(33-20)19-8-5-11-29(15-19)23(31)16-30-25(32)21-9-3-1-7-18(21)13-28-30/h1-4,6-7,9-10,13-14,19H,5,8,11-12,15-16H2.